The Morgan fingerprint density at radius 1 is 1.53 bits per heavy atom. The van der Waals surface area contributed by atoms with Gasteiger partial charge in [0.2, 0.25) is 5.91 Å². The molecule has 1 amide bonds. The number of carboxylic acid groups (broad SMARTS) is 1. The highest BCUT2D eigenvalue weighted by atomic mass is 35.5. The Labute approximate surface area is 120 Å². The maximum absolute atomic E-state index is 11.7. The van der Waals surface area contributed by atoms with Crippen molar-refractivity contribution in [3.8, 4) is 0 Å². The average molecular weight is 303 g/mol. The van der Waals surface area contributed by atoms with Crippen LogP contribution in [0.1, 0.15) is 5.56 Å². The first kappa shape index (κ1) is 15.8. The van der Waals surface area contributed by atoms with Crippen LogP contribution >= 0.6 is 23.4 Å². The molecule has 0 saturated heterocycles. The second kappa shape index (κ2) is 7.37. The lowest BCUT2D eigenvalue weighted by atomic mass is 10.2. The number of carbonyl (C=O) groups is 2. The number of hydrogen-bond donors (Lipinski definition) is 3. The lowest BCUT2D eigenvalue weighted by Gasteiger charge is -2.10. The van der Waals surface area contributed by atoms with Crippen molar-refractivity contribution in [1.29, 1.82) is 0 Å². The van der Waals surface area contributed by atoms with Crippen LogP contribution in [-0.4, -0.2) is 34.5 Å². The van der Waals surface area contributed by atoms with Crippen LogP contribution in [0.15, 0.2) is 18.2 Å². The van der Waals surface area contributed by atoms with E-state index in [1.165, 1.54) is 11.8 Å². The number of hydrogen-bond acceptors (Lipinski definition) is 4. The molecule has 0 aliphatic heterocycles. The van der Waals surface area contributed by atoms with Crippen molar-refractivity contribution in [3.05, 3.63) is 28.8 Å². The summed E-state index contributed by atoms with van der Waals surface area (Å²) < 4.78 is 0. The number of thioether (sulfide) groups is 1. The minimum atomic E-state index is -1.07. The van der Waals surface area contributed by atoms with Crippen LogP contribution in [0.2, 0.25) is 5.02 Å². The van der Waals surface area contributed by atoms with Crippen molar-refractivity contribution < 1.29 is 14.7 Å². The lowest BCUT2D eigenvalue weighted by molar-refractivity contribution is -0.137. The van der Waals surface area contributed by atoms with Gasteiger partial charge in [0.05, 0.1) is 5.75 Å². The summed E-state index contributed by atoms with van der Waals surface area (Å²) in [4.78, 5) is 22.2. The molecule has 0 bridgehead atoms. The fourth-order valence-corrected chi connectivity index (χ4v) is 2.23. The number of anilines is 1. The summed E-state index contributed by atoms with van der Waals surface area (Å²) in [6.07, 6.45) is 0. The molecule has 1 atom stereocenters. The molecular weight excluding hydrogens is 288 g/mol. The molecule has 0 aromatic heterocycles. The van der Waals surface area contributed by atoms with Gasteiger partial charge in [-0.2, -0.15) is 0 Å². The number of halogens is 1. The van der Waals surface area contributed by atoms with Gasteiger partial charge in [-0.25, -0.2) is 0 Å². The zero-order chi connectivity index (χ0) is 14.4. The minimum Gasteiger partial charge on any atom is -0.480 e. The summed E-state index contributed by atoms with van der Waals surface area (Å²) in [5.41, 5.74) is 6.78. The summed E-state index contributed by atoms with van der Waals surface area (Å²) >= 11 is 7.12. The van der Waals surface area contributed by atoms with Gasteiger partial charge in [0.15, 0.2) is 0 Å². The summed E-state index contributed by atoms with van der Waals surface area (Å²) in [5.74, 6) is -0.948. The van der Waals surface area contributed by atoms with Gasteiger partial charge in [-0.1, -0.05) is 17.7 Å². The minimum absolute atomic E-state index is 0.146. The van der Waals surface area contributed by atoms with Gasteiger partial charge in [-0.05, 0) is 24.6 Å². The van der Waals surface area contributed by atoms with Crippen LogP contribution in [-0.2, 0) is 9.59 Å². The molecule has 4 N–H and O–H groups in total. The largest absolute Gasteiger partial charge is 0.480 e. The standard InChI is InChI=1S/C12H15ClN2O3S/c1-7-8(13)3-2-4-10(7)15-11(16)6-19-5-9(14)12(17)18/h2-4,9H,5-6,14H2,1H3,(H,15,16)(H,17,18)/t9-/m1/s1. The van der Waals surface area contributed by atoms with E-state index in [1.807, 2.05) is 6.92 Å². The molecule has 1 aromatic carbocycles. The Morgan fingerprint density at radius 3 is 2.84 bits per heavy atom. The fraction of sp³-hybridized carbons (Fsp3) is 0.333. The third kappa shape index (κ3) is 5.10. The maximum Gasteiger partial charge on any atom is 0.321 e. The van der Waals surface area contributed by atoms with E-state index in [2.05, 4.69) is 5.32 Å². The van der Waals surface area contributed by atoms with Gasteiger partial charge in [-0.3, -0.25) is 9.59 Å². The molecule has 1 rings (SSSR count). The normalized spacial score (nSPS) is 11.9. The molecular formula is C12H15ClN2O3S. The molecule has 0 fully saturated rings. The van der Waals surface area contributed by atoms with Gasteiger partial charge in [-0.15, -0.1) is 11.8 Å². The molecule has 0 unspecified atom stereocenters. The Hall–Kier alpha value is -1.24. The third-order valence-corrected chi connectivity index (χ3v) is 3.86. The summed E-state index contributed by atoms with van der Waals surface area (Å²) in [6, 6.07) is 4.30. The highest BCUT2D eigenvalue weighted by molar-refractivity contribution is 8.00. The zero-order valence-corrected chi connectivity index (χ0v) is 11.9. The molecule has 7 heteroatoms. The predicted octanol–water partition coefficient (Wildman–Crippen LogP) is 1.73. The van der Waals surface area contributed by atoms with Crippen molar-refractivity contribution in [2.45, 2.75) is 13.0 Å². The van der Waals surface area contributed by atoms with Gasteiger partial charge >= 0.3 is 5.97 Å². The van der Waals surface area contributed by atoms with E-state index in [9.17, 15) is 9.59 Å². The van der Waals surface area contributed by atoms with E-state index >= 15 is 0 Å². The molecule has 5 nitrogen and oxygen atoms in total. The first-order valence-electron chi connectivity index (χ1n) is 5.53. The first-order valence-corrected chi connectivity index (χ1v) is 7.06. The van der Waals surface area contributed by atoms with Crippen molar-refractivity contribution in [3.63, 3.8) is 0 Å². The zero-order valence-electron chi connectivity index (χ0n) is 10.4. The van der Waals surface area contributed by atoms with Crippen LogP contribution in [0, 0.1) is 6.92 Å². The van der Waals surface area contributed by atoms with Gasteiger partial charge in [0.1, 0.15) is 6.04 Å². The predicted molar refractivity (Wildman–Crippen MR) is 77.8 cm³/mol. The molecule has 1 aromatic rings. The topological polar surface area (TPSA) is 92.4 Å². The van der Waals surface area contributed by atoms with Crippen molar-refractivity contribution in [1.82, 2.24) is 0 Å². The molecule has 19 heavy (non-hydrogen) atoms. The van der Waals surface area contributed by atoms with Gasteiger partial charge < -0.3 is 16.2 Å². The number of nitrogens with one attached hydrogen (secondary N) is 1. The molecule has 0 aliphatic carbocycles. The van der Waals surface area contributed by atoms with E-state index < -0.39 is 12.0 Å². The van der Waals surface area contributed by atoms with Crippen molar-refractivity contribution in [2.75, 3.05) is 16.8 Å². The quantitative estimate of drug-likeness (QED) is 0.744. The number of carboxylic acids is 1. The Bertz CT molecular complexity index is 482. The Balaban J connectivity index is 2.43. The van der Waals surface area contributed by atoms with Crippen molar-refractivity contribution >= 4 is 40.9 Å². The van der Waals surface area contributed by atoms with Crippen LogP contribution in [0.5, 0.6) is 0 Å². The van der Waals surface area contributed by atoms with E-state index in [0.717, 1.165) is 5.56 Å². The van der Waals surface area contributed by atoms with Crippen LogP contribution in [0.4, 0.5) is 5.69 Å². The van der Waals surface area contributed by atoms with E-state index in [1.54, 1.807) is 18.2 Å². The van der Waals surface area contributed by atoms with E-state index in [0.29, 0.717) is 10.7 Å². The summed E-state index contributed by atoms with van der Waals surface area (Å²) in [7, 11) is 0. The number of carbonyl (C=O) groups excluding carboxylic acids is 1. The molecule has 0 aliphatic rings. The second-order valence-electron chi connectivity index (χ2n) is 3.92. The third-order valence-electron chi connectivity index (χ3n) is 2.39. The highest BCUT2D eigenvalue weighted by Gasteiger charge is 2.12. The maximum atomic E-state index is 11.7. The molecule has 104 valence electrons. The van der Waals surface area contributed by atoms with Crippen molar-refractivity contribution in [2.24, 2.45) is 5.73 Å². The molecule has 0 heterocycles. The summed E-state index contributed by atoms with van der Waals surface area (Å²) in [5, 5.41) is 11.9. The van der Waals surface area contributed by atoms with E-state index in [4.69, 9.17) is 22.4 Å². The van der Waals surface area contributed by atoms with Crippen LogP contribution in [0.3, 0.4) is 0 Å². The van der Waals surface area contributed by atoms with Crippen LogP contribution in [0.25, 0.3) is 0 Å². The Morgan fingerprint density at radius 2 is 2.21 bits per heavy atom. The van der Waals surface area contributed by atoms with E-state index in [-0.39, 0.29) is 17.4 Å². The number of nitrogens with two attached hydrogens (primary N) is 1. The number of aliphatic carboxylic acids is 1. The lowest BCUT2D eigenvalue weighted by Crippen LogP contribution is -2.33. The SMILES string of the molecule is Cc1c(Cl)cccc1NC(=O)CSC[C@@H](N)C(=O)O. The second-order valence-corrected chi connectivity index (χ2v) is 5.36. The number of benzene rings is 1. The first-order chi connectivity index (χ1) is 8.91. The number of rotatable bonds is 6. The highest BCUT2D eigenvalue weighted by Crippen LogP contribution is 2.23. The number of amides is 1. The fourth-order valence-electron chi connectivity index (χ4n) is 1.28. The average Bonchev–Trinajstić information content (AvgIpc) is 2.34. The van der Waals surface area contributed by atoms with Gasteiger partial charge in [0.25, 0.3) is 0 Å². The Kier molecular flexibility index (Phi) is 6.14. The summed E-state index contributed by atoms with van der Waals surface area (Å²) in [6.45, 7) is 1.81. The molecule has 0 radical (unpaired) electrons. The van der Waals surface area contributed by atoms with Gasteiger partial charge in [0, 0.05) is 16.5 Å². The smallest absolute Gasteiger partial charge is 0.321 e. The monoisotopic (exact) mass is 302 g/mol. The van der Waals surface area contributed by atoms with Crippen LogP contribution < -0.4 is 11.1 Å². The molecule has 0 saturated carbocycles. The molecule has 0 spiro atoms.